The Balaban J connectivity index is 1.48. The molecule has 0 atom stereocenters. The predicted octanol–water partition coefficient (Wildman–Crippen LogP) is 4.18. The van der Waals surface area contributed by atoms with E-state index in [9.17, 15) is 18.0 Å². The van der Waals surface area contributed by atoms with E-state index in [1.54, 1.807) is 30.4 Å². The van der Waals surface area contributed by atoms with Gasteiger partial charge in [0.05, 0.1) is 41.3 Å². The van der Waals surface area contributed by atoms with Crippen LogP contribution in [0.4, 0.5) is 17.1 Å². The number of likely N-dealkylation sites (tertiary alicyclic amines) is 1. The number of sulfonamides is 1. The molecule has 4 rings (SSSR count). The van der Waals surface area contributed by atoms with Crippen LogP contribution in [0.5, 0.6) is 5.75 Å². The number of benzene rings is 2. The van der Waals surface area contributed by atoms with Crippen LogP contribution in [0.15, 0.2) is 41.4 Å². The van der Waals surface area contributed by atoms with Crippen LogP contribution in [0.25, 0.3) is 6.08 Å². The Morgan fingerprint density at radius 1 is 1.18 bits per heavy atom. The van der Waals surface area contributed by atoms with Crippen LogP contribution in [0.3, 0.4) is 0 Å². The van der Waals surface area contributed by atoms with Crippen molar-refractivity contribution in [1.82, 2.24) is 4.90 Å². The van der Waals surface area contributed by atoms with Crippen molar-refractivity contribution in [2.75, 3.05) is 47.8 Å². The van der Waals surface area contributed by atoms with Gasteiger partial charge in [-0.15, -0.1) is 0 Å². The third-order valence-electron chi connectivity index (χ3n) is 7.93. The van der Waals surface area contributed by atoms with E-state index in [-0.39, 0.29) is 24.1 Å². The highest BCUT2D eigenvalue weighted by Crippen LogP contribution is 2.31. The number of hydrogen-bond donors (Lipinski definition) is 3. The number of primary amides is 1. The van der Waals surface area contributed by atoms with Crippen LogP contribution in [-0.4, -0.2) is 69.5 Å². The second kappa shape index (κ2) is 13.3. The molecule has 2 aromatic rings. The van der Waals surface area contributed by atoms with Crippen molar-refractivity contribution in [2.24, 2.45) is 16.1 Å². The molecule has 2 aliphatic heterocycles. The minimum Gasteiger partial charge on any atom is -0.489 e. The highest BCUT2D eigenvalue weighted by Gasteiger charge is 2.26. The van der Waals surface area contributed by atoms with Crippen molar-refractivity contribution in [2.45, 2.75) is 59.5 Å². The van der Waals surface area contributed by atoms with Crippen molar-refractivity contribution >= 4 is 50.8 Å². The van der Waals surface area contributed by atoms with Crippen molar-refractivity contribution in [3.05, 3.63) is 53.1 Å². The van der Waals surface area contributed by atoms with Gasteiger partial charge in [0.25, 0.3) is 5.91 Å². The summed E-state index contributed by atoms with van der Waals surface area (Å²) in [7, 11) is -3.72. The summed E-state index contributed by atoms with van der Waals surface area (Å²) in [6, 6.07) is 8.24. The molecule has 2 amide bonds. The van der Waals surface area contributed by atoms with Crippen LogP contribution in [-0.2, 0) is 14.8 Å². The topological polar surface area (TPSA) is 160 Å². The Morgan fingerprint density at radius 3 is 2.48 bits per heavy atom. The lowest BCUT2D eigenvalue weighted by Gasteiger charge is -2.34. The number of nitrogens with one attached hydrogen (secondary N) is 1. The normalized spacial score (nSPS) is 16.2. The molecule has 1 fully saturated rings. The van der Waals surface area contributed by atoms with Gasteiger partial charge in [-0.1, -0.05) is 39.0 Å². The standard InChI is InChI=1S/C32H44N6O5S/c1-21-22(10-12-26(29(21)33)36-31(40)32(2,3)4)8-7-17-38(44(5,41)42)23-11-13-27(25(20-23)30(34)39)43-24-14-18-37(19-15-24)28-9-6-16-35-28/h7-8,10-13,20,24H,6,9,14-19,33H2,1-5H3,(H2,34,39)(H,36,40). The number of ether oxygens (including phenoxy) is 1. The Hall–Kier alpha value is -4.06. The minimum atomic E-state index is -3.72. The lowest BCUT2D eigenvalue weighted by molar-refractivity contribution is -0.123. The van der Waals surface area contributed by atoms with Gasteiger partial charge in [0.2, 0.25) is 15.9 Å². The molecule has 0 radical (unpaired) electrons. The summed E-state index contributed by atoms with van der Waals surface area (Å²) in [5, 5.41) is 2.86. The number of carbonyl (C=O) groups is 2. The molecule has 0 spiro atoms. The number of hydrogen-bond acceptors (Lipinski definition) is 8. The molecule has 44 heavy (non-hydrogen) atoms. The van der Waals surface area contributed by atoms with Crippen LogP contribution in [0, 0.1) is 12.3 Å². The van der Waals surface area contributed by atoms with Gasteiger partial charge in [-0.3, -0.25) is 18.9 Å². The van der Waals surface area contributed by atoms with E-state index < -0.39 is 21.3 Å². The van der Waals surface area contributed by atoms with Gasteiger partial charge in [-0.05, 0) is 48.7 Å². The summed E-state index contributed by atoms with van der Waals surface area (Å²) in [5.74, 6) is 0.656. The molecule has 0 aromatic heterocycles. The fraction of sp³-hybridized carbons (Fsp3) is 0.469. The van der Waals surface area contributed by atoms with Crippen molar-refractivity contribution in [3.8, 4) is 5.75 Å². The maximum Gasteiger partial charge on any atom is 0.252 e. The number of amidine groups is 1. The van der Waals surface area contributed by atoms with Gasteiger partial charge in [0, 0.05) is 44.3 Å². The monoisotopic (exact) mass is 624 g/mol. The second-order valence-corrected chi connectivity index (χ2v) is 14.3. The zero-order chi connectivity index (χ0) is 32.2. The molecular formula is C32H44N6O5S. The number of anilines is 3. The first-order valence-electron chi connectivity index (χ1n) is 14.9. The van der Waals surface area contributed by atoms with E-state index >= 15 is 0 Å². The Kier molecular flexibility index (Phi) is 9.92. The Morgan fingerprint density at radius 2 is 1.89 bits per heavy atom. The number of nitrogen functional groups attached to an aromatic ring is 1. The lowest BCUT2D eigenvalue weighted by Crippen LogP contribution is -2.41. The molecule has 238 valence electrons. The zero-order valence-corrected chi connectivity index (χ0v) is 27.0. The number of amides is 2. The van der Waals surface area contributed by atoms with Crippen molar-refractivity contribution in [3.63, 3.8) is 0 Å². The highest BCUT2D eigenvalue weighted by atomic mass is 32.2. The molecule has 0 saturated carbocycles. The molecule has 0 unspecified atom stereocenters. The van der Waals surface area contributed by atoms with Gasteiger partial charge in [-0.25, -0.2) is 8.42 Å². The maximum absolute atomic E-state index is 12.8. The van der Waals surface area contributed by atoms with Gasteiger partial charge in [-0.2, -0.15) is 0 Å². The first-order valence-corrected chi connectivity index (χ1v) is 16.7. The summed E-state index contributed by atoms with van der Waals surface area (Å²) in [4.78, 5) is 31.7. The summed E-state index contributed by atoms with van der Waals surface area (Å²) in [6.07, 6.45) is 8.17. The molecule has 2 heterocycles. The van der Waals surface area contributed by atoms with Gasteiger partial charge < -0.3 is 26.4 Å². The molecule has 2 aliphatic rings. The first kappa shape index (κ1) is 32.8. The number of carbonyl (C=O) groups excluding carboxylic acids is 2. The van der Waals surface area contributed by atoms with Gasteiger partial charge >= 0.3 is 0 Å². The number of nitrogens with zero attached hydrogens (tertiary/aromatic N) is 3. The van der Waals surface area contributed by atoms with E-state index in [0.29, 0.717) is 22.8 Å². The number of rotatable bonds is 9. The SMILES string of the molecule is Cc1c(C=CCN(c2ccc(OC3CCN(C4=NCCC4)CC3)c(C(N)=O)c2)S(C)(=O)=O)ccc(NC(=O)C(C)(C)C)c1N. The quantitative estimate of drug-likeness (QED) is 0.353. The second-order valence-electron chi connectivity index (χ2n) is 12.4. The van der Waals surface area contributed by atoms with Gasteiger partial charge in [0.1, 0.15) is 11.9 Å². The largest absolute Gasteiger partial charge is 0.489 e. The summed E-state index contributed by atoms with van der Waals surface area (Å²) >= 11 is 0. The summed E-state index contributed by atoms with van der Waals surface area (Å²) < 4.78 is 33.0. The third kappa shape index (κ3) is 7.90. The average molecular weight is 625 g/mol. The van der Waals surface area contributed by atoms with Crippen LogP contribution in [0.1, 0.15) is 67.9 Å². The van der Waals surface area contributed by atoms with E-state index in [1.807, 2.05) is 33.8 Å². The smallest absolute Gasteiger partial charge is 0.252 e. The zero-order valence-electron chi connectivity index (χ0n) is 26.2. The molecule has 0 aliphatic carbocycles. The Bertz CT molecular complexity index is 1570. The molecule has 0 bridgehead atoms. The van der Waals surface area contributed by atoms with Gasteiger partial charge in [0.15, 0.2) is 0 Å². The van der Waals surface area contributed by atoms with E-state index in [0.717, 1.165) is 62.7 Å². The van der Waals surface area contributed by atoms with Crippen LogP contribution in [0.2, 0.25) is 0 Å². The van der Waals surface area contributed by atoms with E-state index in [4.69, 9.17) is 16.2 Å². The number of aliphatic imine (C=N–C) groups is 1. The number of piperidine rings is 1. The summed E-state index contributed by atoms with van der Waals surface area (Å²) in [6.45, 7) is 9.85. The highest BCUT2D eigenvalue weighted by molar-refractivity contribution is 7.92. The Labute approximate surface area is 260 Å². The molecule has 11 nitrogen and oxygen atoms in total. The van der Waals surface area contributed by atoms with Crippen LogP contribution < -0.4 is 25.8 Å². The summed E-state index contributed by atoms with van der Waals surface area (Å²) in [5.41, 5.74) is 14.3. The molecular weight excluding hydrogens is 580 g/mol. The maximum atomic E-state index is 12.8. The molecule has 1 saturated heterocycles. The predicted molar refractivity (Wildman–Crippen MR) is 177 cm³/mol. The molecule has 12 heteroatoms. The lowest BCUT2D eigenvalue weighted by atomic mass is 9.95. The molecule has 2 aromatic carbocycles. The van der Waals surface area contributed by atoms with Crippen LogP contribution >= 0.6 is 0 Å². The minimum absolute atomic E-state index is 0.00143. The fourth-order valence-electron chi connectivity index (χ4n) is 5.21. The average Bonchev–Trinajstić information content (AvgIpc) is 3.49. The van der Waals surface area contributed by atoms with Crippen molar-refractivity contribution < 1.29 is 22.7 Å². The molecule has 5 N–H and O–H groups in total. The van der Waals surface area contributed by atoms with E-state index in [2.05, 4.69) is 15.2 Å². The van der Waals surface area contributed by atoms with E-state index in [1.165, 1.54) is 16.2 Å². The third-order valence-corrected chi connectivity index (χ3v) is 9.09. The first-order chi connectivity index (χ1) is 20.6. The number of nitrogens with two attached hydrogens (primary N) is 2. The van der Waals surface area contributed by atoms with Crippen molar-refractivity contribution in [1.29, 1.82) is 0 Å². The fourth-order valence-corrected chi connectivity index (χ4v) is 6.07.